The van der Waals surface area contributed by atoms with Crippen LogP contribution in [0.4, 0.5) is 5.69 Å². The van der Waals surface area contributed by atoms with E-state index in [1.165, 1.54) is 12.0 Å². The molecule has 0 bridgehead atoms. The van der Waals surface area contributed by atoms with Crippen molar-refractivity contribution < 1.29 is 4.79 Å². The highest BCUT2D eigenvalue weighted by molar-refractivity contribution is 14.0. The zero-order chi connectivity index (χ0) is 17.5. The number of carbonyl (C=O) groups is 1. The molecule has 0 aliphatic carbocycles. The summed E-state index contributed by atoms with van der Waals surface area (Å²) >= 11 is 0. The minimum atomic E-state index is 0. The molecule has 0 radical (unpaired) electrons. The van der Waals surface area contributed by atoms with Crippen LogP contribution >= 0.6 is 24.0 Å². The third kappa shape index (κ3) is 6.49. The van der Waals surface area contributed by atoms with Gasteiger partial charge < -0.3 is 15.5 Å². The summed E-state index contributed by atoms with van der Waals surface area (Å²) in [5.41, 5.74) is 2.29. The minimum Gasteiger partial charge on any atom is -0.354 e. The summed E-state index contributed by atoms with van der Waals surface area (Å²) in [5.74, 6) is 1.46. The Balaban J connectivity index is 0.00000312. The molecule has 2 N–H and O–H groups in total. The van der Waals surface area contributed by atoms with Crippen molar-refractivity contribution in [1.82, 2.24) is 10.6 Å². The van der Waals surface area contributed by atoms with Crippen LogP contribution in [0.25, 0.3) is 0 Å². The highest BCUT2D eigenvalue weighted by atomic mass is 127. The van der Waals surface area contributed by atoms with Crippen molar-refractivity contribution in [2.75, 3.05) is 25.0 Å². The second kappa shape index (κ2) is 10.6. The van der Waals surface area contributed by atoms with Crippen molar-refractivity contribution in [3.05, 3.63) is 29.8 Å². The number of nitrogens with zero attached hydrogens (tertiary/aromatic N) is 2. The highest BCUT2D eigenvalue weighted by Gasteiger charge is 2.23. The van der Waals surface area contributed by atoms with E-state index in [9.17, 15) is 4.79 Å². The normalized spacial score (nSPS) is 14.8. The first-order chi connectivity index (χ1) is 11.5. The quantitative estimate of drug-likeness (QED) is 0.391. The smallest absolute Gasteiger partial charge is 0.246 e. The fourth-order valence-corrected chi connectivity index (χ4v) is 2.94. The molecular weight excluding hydrogens is 427 g/mol. The van der Waals surface area contributed by atoms with Crippen LogP contribution in [0, 0.1) is 5.92 Å². The number of guanidine groups is 1. The predicted octanol–water partition coefficient (Wildman–Crippen LogP) is 3.18. The summed E-state index contributed by atoms with van der Waals surface area (Å²) in [5, 5.41) is 6.50. The third-order valence-corrected chi connectivity index (χ3v) is 4.38. The minimum absolute atomic E-state index is 0. The Morgan fingerprint density at radius 2 is 1.96 bits per heavy atom. The molecule has 2 rings (SSSR count). The van der Waals surface area contributed by atoms with E-state index in [4.69, 9.17) is 0 Å². The lowest BCUT2D eigenvalue weighted by Crippen LogP contribution is -2.46. The highest BCUT2D eigenvalue weighted by Crippen LogP contribution is 2.27. The molecule has 25 heavy (non-hydrogen) atoms. The number of aliphatic imine (C=N–C) groups is 1. The van der Waals surface area contributed by atoms with Crippen LogP contribution in [0.5, 0.6) is 0 Å². The van der Waals surface area contributed by atoms with Gasteiger partial charge in [0, 0.05) is 25.3 Å². The molecule has 1 aromatic carbocycles. The topological polar surface area (TPSA) is 56.7 Å². The number of benzene rings is 1. The number of carbonyl (C=O) groups excluding carboxylic acids is 1. The Morgan fingerprint density at radius 3 is 2.64 bits per heavy atom. The number of para-hydroxylation sites is 1. The van der Waals surface area contributed by atoms with Gasteiger partial charge in [-0.1, -0.05) is 32.0 Å². The second-order valence-corrected chi connectivity index (χ2v) is 6.87. The van der Waals surface area contributed by atoms with E-state index >= 15 is 0 Å². The van der Waals surface area contributed by atoms with Crippen LogP contribution in [-0.2, 0) is 11.2 Å². The van der Waals surface area contributed by atoms with Gasteiger partial charge in [-0.15, -0.1) is 24.0 Å². The van der Waals surface area contributed by atoms with Crippen molar-refractivity contribution in [2.24, 2.45) is 10.9 Å². The molecule has 1 heterocycles. The average Bonchev–Trinajstić information content (AvgIpc) is 3.00. The van der Waals surface area contributed by atoms with Gasteiger partial charge in [0.15, 0.2) is 5.96 Å². The zero-order valence-electron chi connectivity index (χ0n) is 15.7. The SMILES string of the molecule is CN=C(NCC(=O)N1CCc2ccccc21)NC(C)CCC(C)C.I. The third-order valence-electron chi connectivity index (χ3n) is 4.38. The first kappa shape index (κ1) is 21.7. The molecule has 5 nitrogen and oxygen atoms in total. The number of hydrogen-bond donors (Lipinski definition) is 2. The van der Waals surface area contributed by atoms with Crippen LogP contribution in [0.2, 0.25) is 0 Å². The van der Waals surface area contributed by atoms with Crippen molar-refractivity contribution in [2.45, 2.75) is 46.1 Å². The molecule has 1 aromatic rings. The summed E-state index contributed by atoms with van der Waals surface area (Å²) < 4.78 is 0. The van der Waals surface area contributed by atoms with Gasteiger partial charge in [0.25, 0.3) is 0 Å². The maximum Gasteiger partial charge on any atom is 0.246 e. The van der Waals surface area contributed by atoms with E-state index in [0.717, 1.165) is 25.1 Å². The van der Waals surface area contributed by atoms with Crippen LogP contribution in [0.1, 0.15) is 39.2 Å². The van der Waals surface area contributed by atoms with Crippen molar-refractivity contribution in [3.63, 3.8) is 0 Å². The van der Waals surface area contributed by atoms with Crippen LogP contribution in [-0.4, -0.2) is 38.0 Å². The number of halogens is 1. The summed E-state index contributed by atoms with van der Waals surface area (Å²) in [4.78, 5) is 18.6. The van der Waals surface area contributed by atoms with E-state index < -0.39 is 0 Å². The monoisotopic (exact) mass is 458 g/mol. The lowest BCUT2D eigenvalue weighted by Gasteiger charge is -2.21. The molecule has 1 unspecified atom stereocenters. The lowest BCUT2D eigenvalue weighted by molar-refractivity contribution is -0.117. The Labute approximate surface area is 168 Å². The van der Waals surface area contributed by atoms with Gasteiger partial charge in [-0.3, -0.25) is 9.79 Å². The molecule has 0 fully saturated rings. The predicted molar refractivity (Wildman–Crippen MR) is 116 cm³/mol. The molecule has 1 atom stereocenters. The summed E-state index contributed by atoms with van der Waals surface area (Å²) in [6.45, 7) is 7.62. The first-order valence-corrected chi connectivity index (χ1v) is 8.86. The van der Waals surface area contributed by atoms with Gasteiger partial charge >= 0.3 is 0 Å². The summed E-state index contributed by atoms with van der Waals surface area (Å²) in [7, 11) is 1.74. The maximum atomic E-state index is 12.5. The van der Waals surface area contributed by atoms with Crippen molar-refractivity contribution in [3.8, 4) is 0 Å². The van der Waals surface area contributed by atoms with Gasteiger partial charge in [-0.2, -0.15) is 0 Å². The molecule has 1 amide bonds. The van der Waals surface area contributed by atoms with Crippen LogP contribution in [0.15, 0.2) is 29.3 Å². The zero-order valence-corrected chi connectivity index (χ0v) is 18.0. The van der Waals surface area contributed by atoms with Crippen LogP contribution < -0.4 is 15.5 Å². The Kier molecular flexibility index (Phi) is 9.24. The van der Waals surface area contributed by atoms with E-state index in [-0.39, 0.29) is 36.4 Å². The van der Waals surface area contributed by atoms with Crippen molar-refractivity contribution >= 4 is 41.5 Å². The maximum absolute atomic E-state index is 12.5. The number of hydrogen-bond acceptors (Lipinski definition) is 2. The molecule has 0 aromatic heterocycles. The number of rotatable bonds is 6. The Morgan fingerprint density at radius 1 is 1.24 bits per heavy atom. The van der Waals surface area contributed by atoms with Gasteiger partial charge in [-0.25, -0.2) is 0 Å². The Bertz CT molecular complexity index is 589. The van der Waals surface area contributed by atoms with E-state index in [0.29, 0.717) is 17.9 Å². The van der Waals surface area contributed by atoms with Gasteiger partial charge in [0.05, 0.1) is 6.54 Å². The van der Waals surface area contributed by atoms with Gasteiger partial charge in [0.2, 0.25) is 5.91 Å². The number of amides is 1. The second-order valence-electron chi connectivity index (χ2n) is 6.87. The average molecular weight is 458 g/mol. The number of fused-ring (bicyclic) bond motifs is 1. The fourth-order valence-electron chi connectivity index (χ4n) is 2.94. The van der Waals surface area contributed by atoms with Gasteiger partial charge in [0.1, 0.15) is 0 Å². The van der Waals surface area contributed by atoms with Gasteiger partial charge in [-0.05, 0) is 43.7 Å². The summed E-state index contributed by atoms with van der Waals surface area (Å²) in [6, 6.07) is 8.44. The standard InChI is InChI=1S/C19H30N4O.HI/c1-14(2)9-10-15(3)22-19(20-4)21-13-18(24)23-12-11-16-7-5-6-8-17(16)23;/h5-8,14-15H,9-13H2,1-4H3,(H2,20,21,22);1H. The first-order valence-electron chi connectivity index (χ1n) is 8.86. The lowest BCUT2D eigenvalue weighted by atomic mass is 10.0. The van der Waals surface area contributed by atoms with Crippen LogP contribution in [0.3, 0.4) is 0 Å². The molecule has 0 spiro atoms. The molecule has 0 saturated heterocycles. The molecule has 140 valence electrons. The molecule has 1 aliphatic rings. The summed E-state index contributed by atoms with van der Waals surface area (Å²) in [6.07, 6.45) is 3.20. The molecule has 6 heteroatoms. The number of nitrogens with one attached hydrogen (secondary N) is 2. The van der Waals surface area contributed by atoms with E-state index in [1.54, 1.807) is 7.05 Å². The number of anilines is 1. The molecule has 1 aliphatic heterocycles. The van der Waals surface area contributed by atoms with E-state index in [1.807, 2.05) is 23.1 Å². The van der Waals surface area contributed by atoms with Crippen molar-refractivity contribution in [1.29, 1.82) is 0 Å². The fraction of sp³-hybridized carbons (Fsp3) is 0.579. The molecular formula is C19H31IN4O. The Hall–Kier alpha value is -1.31. The molecule has 0 saturated carbocycles. The largest absolute Gasteiger partial charge is 0.354 e. The van der Waals surface area contributed by atoms with E-state index in [2.05, 4.69) is 42.5 Å².